The first kappa shape index (κ1) is 13.5. The Morgan fingerprint density at radius 1 is 1.22 bits per heavy atom. The maximum atomic E-state index is 10.0. The Kier molecular flexibility index (Phi) is 4.31. The Bertz CT molecular complexity index is 373. The molecule has 1 aromatic rings. The minimum absolute atomic E-state index is 0.222. The third-order valence-corrected chi connectivity index (χ3v) is 3.44. The number of methoxy groups -OCH3 is 1. The van der Waals surface area contributed by atoms with Crippen molar-refractivity contribution in [3.8, 4) is 0 Å². The van der Waals surface area contributed by atoms with Crippen LogP contribution >= 0.6 is 0 Å². The molecule has 0 spiro atoms. The summed E-state index contributed by atoms with van der Waals surface area (Å²) in [6.07, 6.45) is -2.32. The van der Waals surface area contributed by atoms with Crippen molar-refractivity contribution >= 4 is 0 Å². The van der Waals surface area contributed by atoms with Crippen molar-refractivity contribution < 1.29 is 20.1 Å². The summed E-state index contributed by atoms with van der Waals surface area (Å²) in [5.41, 5.74) is 0.919. The SMILES string of the molecule is COC(c1ccccc1)C1N[C@@H](CO)[C@H](O)[C@H]1O. The Labute approximate surface area is 106 Å². The lowest BCUT2D eigenvalue weighted by molar-refractivity contribution is -0.0148. The molecule has 5 nitrogen and oxygen atoms in total. The molecule has 2 unspecified atom stereocenters. The van der Waals surface area contributed by atoms with Gasteiger partial charge in [-0.15, -0.1) is 0 Å². The molecule has 1 aliphatic heterocycles. The van der Waals surface area contributed by atoms with Crippen molar-refractivity contribution in [2.75, 3.05) is 13.7 Å². The zero-order chi connectivity index (χ0) is 13.1. The molecule has 1 aromatic carbocycles. The van der Waals surface area contributed by atoms with Crippen molar-refractivity contribution in [2.45, 2.75) is 30.4 Å². The molecule has 1 saturated heterocycles. The molecule has 0 amide bonds. The van der Waals surface area contributed by atoms with Gasteiger partial charge in [0, 0.05) is 7.11 Å². The van der Waals surface area contributed by atoms with Gasteiger partial charge in [-0.25, -0.2) is 0 Å². The number of rotatable bonds is 4. The van der Waals surface area contributed by atoms with Gasteiger partial charge < -0.3 is 25.4 Å². The van der Waals surface area contributed by atoms with Gasteiger partial charge in [-0.3, -0.25) is 0 Å². The Morgan fingerprint density at radius 3 is 2.39 bits per heavy atom. The number of aliphatic hydroxyl groups excluding tert-OH is 3. The van der Waals surface area contributed by atoms with Crippen LogP contribution in [0.2, 0.25) is 0 Å². The molecule has 0 radical (unpaired) electrons. The molecule has 100 valence electrons. The van der Waals surface area contributed by atoms with Crippen LogP contribution in [0.3, 0.4) is 0 Å². The molecule has 0 saturated carbocycles. The quantitative estimate of drug-likeness (QED) is 0.578. The largest absolute Gasteiger partial charge is 0.395 e. The topological polar surface area (TPSA) is 82.0 Å². The van der Waals surface area contributed by atoms with Gasteiger partial charge in [-0.05, 0) is 5.56 Å². The third-order valence-electron chi connectivity index (χ3n) is 3.44. The Hall–Kier alpha value is -0.980. The van der Waals surface area contributed by atoms with E-state index in [-0.39, 0.29) is 12.7 Å². The minimum atomic E-state index is -0.985. The molecule has 0 aliphatic carbocycles. The lowest BCUT2D eigenvalue weighted by Crippen LogP contribution is -2.40. The lowest BCUT2D eigenvalue weighted by Gasteiger charge is -2.25. The fraction of sp³-hybridized carbons (Fsp3) is 0.538. The van der Waals surface area contributed by atoms with Crippen molar-refractivity contribution in [3.63, 3.8) is 0 Å². The van der Waals surface area contributed by atoms with Gasteiger partial charge in [-0.2, -0.15) is 0 Å². The molecule has 18 heavy (non-hydrogen) atoms. The maximum Gasteiger partial charge on any atom is 0.1000 e. The molecule has 2 rings (SSSR count). The van der Waals surface area contributed by atoms with E-state index in [1.165, 1.54) is 0 Å². The van der Waals surface area contributed by atoms with E-state index in [4.69, 9.17) is 9.84 Å². The summed E-state index contributed by atoms with van der Waals surface area (Å²) in [6.45, 7) is -0.222. The average molecular weight is 253 g/mol. The molecule has 5 heteroatoms. The summed E-state index contributed by atoms with van der Waals surface area (Å²) >= 11 is 0. The summed E-state index contributed by atoms with van der Waals surface area (Å²) in [7, 11) is 1.56. The third kappa shape index (κ3) is 2.41. The second-order valence-corrected chi connectivity index (χ2v) is 4.53. The zero-order valence-corrected chi connectivity index (χ0v) is 10.2. The summed E-state index contributed by atoms with van der Waals surface area (Å²) in [5.74, 6) is 0. The maximum absolute atomic E-state index is 10.0. The highest BCUT2D eigenvalue weighted by Crippen LogP contribution is 2.28. The predicted molar refractivity (Wildman–Crippen MR) is 66.0 cm³/mol. The molecular formula is C13H19NO4. The number of aliphatic hydroxyl groups is 3. The van der Waals surface area contributed by atoms with Crippen LogP contribution in [0.1, 0.15) is 11.7 Å². The van der Waals surface area contributed by atoms with E-state index < -0.39 is 24.3 Å². The van der Waals surface area contributed by atoms with Crippen LogP contribution in [0.4, 0.5) is 0 Å². The van der Waals surface area contributed by atoms with Gasteiger partial charge in [0.1, 0.15) is 0 Å². The van der Waals surface area contributed by atoms with E-state index >= 15 is 0 Å². The van der Waals surface area contributed by atoms with Crippen LogP contribution in [0, 0.1) is 0 Å². The summed E-state index contributed by atoms with van der Waals surface area (Å²) < 4.78 is 5.42. The number of hydrogen-bond acceptors (Lipinski definition) is 5. The molecule has 1 aliphatic rings. The van der Waals surface area contributed by atoms with Gasteiger partial charge in [0.25, 0.3) is 0 Å². The van der Waals surface area contributed by atoms with Gasteiger partial charge in [0.05, 0.1) is 37.0 Å². The highest BCUT2D eigenvalue weighted by Gasteiger charge is 2.44. The lowest BCUT2D eigenvalue weighted by atomic mass is 9.98. The fourth-order valence-corrected chi connectivity index (χ4v) is 2.45. The van der Waals surface area contributed by atoms with E-state index in [1.807, 2.05) is 30.3 Å². The smallest absolute Gasteiger partial charge is 0.1000 e. The Balaban J connectivity index is 2.19. The number of nitrogens with one attached hydrogen (secondary N) is 1. The minimum Gasteiger partial charge on any atom is -0.395 e. The number of ether oxygens (including phenoxy) is 1. The summed E-state index contributed by atoms with van der Waals surface area (Å²) in [5, 5.41) is 31.9. The van der Waals surface area contributed by atoms with E-state index in [1.54, 1.807) is 7.11 Å². The molecule has 1 heterocycles. The Morgan fingerprint density at radius 2 is 1.89 bits per heavy atom. The van der Waals surface area contributed by atoms with Gasteiger partial charge >= 0.3 is 0 Å². The first-order chi connectivity index (χ1) is 8.69. The second-order valence-electron chi connectivity index (χ2n) is 4.53. The number of hydrogen-bond donors (Lipinski definition) is 4. The van der Waals surface area contributed by atoms with E-state index in [0.717, 1.165) is 5.56 Å². The van der Waals surface area contributed by atoms with Crippen LogP contribution in [-0.4, -0.2) is 53.3 Å². The zero-order valence-electron chi connectivity index (χ0n) is 10.2. The van der Waals surface area contributed by atoms with Crippen LogP contribution < -0.4 is 5.32 Å². The number of benzene rings is 1. The first-order valence-electron chi connectivity index (χ1n) is 5.99. The van der Waals surface area contributed by atoms with Crippen LogP contribution in [0.5, 0.6) is 0 Å². The predicted octanol–water partition coefficient (Wildman–Crippen LogP) is -0.571. The van der Waals surface area contributed by atoms with E-state index in [0.29, 0.717) is 0 Å². The van der Waals surface area contributed by atoms with Gasteiger partial charge in [0.15, 0.2) is 0 Å². The molecule has 1 fully saturated rings. The van der Waals surface area contributed by atoms with Crippen molar-refractivity contribution in [3.05, 3.63) is 35.9 Å². The molecule has 5 atom stereocenters. The monoisotopic (exact) mass is 253 g/mol. The van der Waals surface area contributed by atoms with Crippen LogP contribution in [-0.2, 0) is 4.74 Å². The van der Waals surface area contributed by atoms with Crippen LogP contribution in [0.15, 0.2) is 30.3 Å². The molecule has 0 aromatic heterocycles. The molecule has 4 N–H and O–H groups in total. The van der Waals surface area contributed by atoms with Crippen molar-refractivity contribution in [1.29, 1.82) is 0 Å². The normalized spacial score (nSPS) is 33.6. The average Bonchev–Trinajstić information content (AvgIpc) is 2.69. The van der Waals surface area contributed by atoms with Gasteiger partial charge in [0.2, 0.25) is 0 Å². The fourth-order valence-electron chi connectivity index (χ4n) is 2.45. The highest BCUT2D eigenvalue weighted by molar-refractivity contribution is 5.21. The summed E-state index contributed by atoms with van der Waals surface area (Å²) in [4.78, 5) is 0. The van der Waals surface area contributed by atoms with E-state index in [2.05, 4.69) is 5.32 Å². The molecule has 0 bridgehead atoms. The van der Waals surface area contributed by atoms with Gasteiger partial charge in [-0.1, -0.05) is 30.3 Å². The molecular weight excluding hydrogens is 234 g/mol. The van der Waals surface area contributed by atoms with Crippen molar-refractivity contribution in [1.82, 2.24) is 5.32 Å². The van der Waals surface area contributed by atoms with Crippen molar-refractivity contribution in [2.24, 2.45) is 0 Å². The first-order valence-corrected chi connectivity index (χ1v) is 5.99. The highest BCUT2D eigenvalue weighted by atomic mass is 16.5. The summed E-state index contributed by atoms with van der Waals surface area (Å²) in [6, 6.07) is 8.53. The second kappa shape index (κ2) is 5.77. The standard InChI is InChI=1S/C13H19NO4/c1-18-13(8-5-3-2-4-6-8)10-12(17)11(16)9(7-15)14-10/h2-6,9-17H,7H2,1H3/t9-,10?,11-,12-,13?/m0/s1. The van der Waals surface area contributed by atoms with Crippen LogP contribution in [0.25, 0.3) is 0 Å². The van der Waals surface area contributed by atoms with E-state index in [9.17, 15) is 10.2 Å².